The van der Waals surface area contributed by atoms with E-state index in [2.05, 4.69) is 76.5 Å². The Morgan fingerprint density at radius 3 is 2.22 bits per heavy atom. The first-order chi connectivity index (χ1) is 22.6. The minimum Gasteiger partial charge on any atom is -0.504 e. The van der Waals surface area contributed by atoms with Crippen molar-refractivity contribution >= 4 is 0 Å². The first-order valence-electron chi connectivity index (χ1n) is 18.4. The molecule has 2 aliphatic heterocycles. The molecule has 46 heavy (non-hydrogen) atoms. The van der Waals surface area contributed by atoms with Crippen molar-refractivity contribution in [1.29, 1.82) is 0 Å². The summed E-state index contributed by atoms with van der Waals surface area (Å²) in [5.41, 5.74) is 4.01. The van der Waals surface area contributed by atoms with E-state index in [1.807, 2.05) is 6.07 Å². The van der Waals surface area contributed by atoms with Crippen LogP contribution < -0.4 is 4.74 Å². The topological polar surface area (TPSA) is 56.2 Å². The molecule has 5 atom stereocenters. The number of phenolic OH excluding ortho intramolecular Hbond substituents is 1. The van der Waals surface area contributed by atoms with Crippen LogP contribution in [0.4, 0.5) is 0 Å². The van der Waals surface area contributed by atoms with Crippen molar-refractivity contribution in [3.05, 3.63) is 95.1 Å². The molecule has 5 nitrogen and oxygen atoms in total. The van der Waals surface area contributed by atoms with Gasteiger partial charge in [0, 0.05) is 24.2 Å². The molecule has 5 aliphatic rings. The highest BCUT2D eigenvalue weighted by molar-refractivity contribution is 5.62. The Hall–Kier alpha value is -2.86. The zero-order valence-electron chi connectivity index (χ0n) is 27.5. The fourth-order valence-corrected chi connectivity index (χ4v) is 10.0. The fraction of sp³-hybridized carbons (Fsp3) is 0.561. The number of aliphatic hydroxyl groups is 1. The van der Waals surface area contributed by atoms with E-state index < -0.39 is 11.0 Å². The standard InChI is InChI=1S/C41H52N2O3/c44-35-21-20-33-28-36-41(45)23-22-34(39-40(41,37(33)38(35)46-39)24-27-43(36)29-32-18-19-32)42(26-11-17-31-15-8-4-9-16-31)25-10-2-1-5-12-30-13-6-3-7-14-30/h3-4,6-9,13-16,20-21,32,34,36,39,44-45H,1-2,5,10-12,17-19,22-29H2/t34-,36-,39+,40+,41-/m1/s1. The van der Waals surface area contributed by atoms with Gasteiger partial charge in [0.2, 0.25) is 0 Å². The predicted octanol–water partition coefficient (Wildman–Crippen LogP) is 7.06. The molecule has 1 saturated heterocycles. The smallest absolute Gasteiger partial charge is 0.165 e. The number of unbranched alkanes of at least 4 members (excludes halogenated alkanes) is 3. The number of likely N-dealkylation sites (tertiary alicyclic amines) is 1. The maximum atomic E-state index is 13.0. The van der Waals surface area contributed by atoms with Crippen molar-refractivity contribution in [1.82, 2.24) is 9.80 Å². The molecule has 0 aromatic heterocycles. The van der Waals surface area contributed by atoms with E-state index in [1.165, 1.54) is 55.2 Å². The molecule has 1 spiro atoms. The molecule has 8 rings (SSSR count). The molecule has 0 unspecified atom stereocenters. The summed E-state index contributed by atoms with van der Waals surface area (Å²) in [6, 6.07) is 26.1. The Balaban J connectivity index is 1.03. The number of phenols is 1. The lowest BCUT2D eigenvalue weighted by atomic mass is 9.48. The summed E-state index contributed by atoms with van der Waals surface area (Å²) < 4.78 is 6.99. The Kier molecular flexibility index (Phi) is 8.37. The van der Waals surface area contributed by atoms with E-state index in [0.29, 0.717) is 5.75 Å². The van der Waals surface area contributed by atoms with E-state index in [1.54, 1.807) is 0 Å². The van der Waals surface area contributed by atoms with E-state index in [9.17, 15) is 10.2 Å². The highest BCUT2D eigenvalue weighted by Gasteiger charge is 2.73. The highest BCUT2D eigenvalue weighted by Crippen LogP contribution is 2.66. The van der Waals surface area contributed by atoms with Gasteiger partial charge in [-0.05, 0) is 119 Å². The van der Waals surface area contributed by atoms with Crippen LogP contribution in [0.5, 0.6) is 11.5 Å². The Labute approximate surface area is 275 Å². The van der Waals surface area contributed by atoms with Crippen LogP contribution >= 0.6 is 0 Å². The molecule has 3 aromatic rings. The van der Waals surface area contributed by atoms with Gasteiger partial charge in [-0.25, -0.2) is 0 Å². The van der Waals surface area contributed by atoms with Crippen molar-refractivity contribution in [2.24, 2.45) is 5.92 Å². The quantitative estimate of drug-likeness (QED) is 0.189. The number of rotatable bonds is 14. The largest absolute Gasteiger partial charge is 0.504 e. The zero-order chi connectivity index (χ0) is 31.1. The third kappa shape index (κ3) is 5.37. The van der Waals surface area contributed by atoms with Gasteiger partial charge in [0.1, 0.15) is 6.10 Å². The second-order valence-electron chi connectivity index (χ2n) is 15.2. The van der Waals surface area contributed by atoms with Crippen molar-refractivity contribution in [3.8, 4) is 11.5 Å². The molecular weight excluding hydrogens is 568 g/mol. The summed E-state index contributed by atoms with van der Waals surface area (Å²) >= 11 is 0. The zero-order valence-corrected chi connectivity index (χ0v) is 27.5. The van der Waals surface area contributed by atoms with Gasteiger partial charge in [0.05, 0.1) is 11.0 Å². The monoisotopic (exact) mass is 620 g/mol. The van der Waals surface area contributed by atoms with Gasteiger partial charge < -0.3 is 14.9 Å². The highest BCUT2D eigenvalue weighted by atomic mass is 16.5. The third-order valence-electron chi connectivity index (χ3n) is 12.5. The van der Waals surface area contributed by atoms with Crippen LogP contribution in [0.3, 0.4) is 0 Å². The van der Waals surface area contributed by atoms with Crippen molar-refractivity contribution in [2.45, 2.75) is 113 Å². The number of hydrogen-bond acceptors (Lipinski definition) is 5. The van der Waals surface area contributed by atoms with Gasteiger partial charge >= 0.3 is 0 Å². The lowest BCUT2D eigenvalue weighted by molar-refractivity contribution is -0.200. The van der Waals surface area contributed by atoms with E-state index >= 15 is 0 Å². The molecule has 2 bridgehead atoms. The number of benzene rings is 3. The molecule has 5 heteroatoms. The minimum atomic E-state index is -0.819. The van der Waals surface area contributed by atoms with Gasteiger partial charge in [-0.2, -0.15) is 0 Å². The summed E-state index contributed by atoms with van der Waals surface area (Å²) in [6.45, 7) is 4.23. The number of nitrogens with zero attached hydrogens (tertiary/aromatic N) is 2. The van der Waals surface area contributed by atoms with Crippen LogP contribution in [0.1, 0.15) is 86.5 Å². The summed E-state index contributed by atoms with van der Waals surface area (Å²) in [7, 11) is 0. The van der Waals surface area contributed by atoms with E-state index in [4.69, 9.17) is 4.74 Å². The van der Waals surface area contributed by atoms with Gasteiger partial charge in [0.25, 0.3) is 0 Å². The Morgan fingerprint density at radius 1 is 0.783 bits per heavy atom. The van der Waals surface area contributed by atoms with Gasteiger partial charge in [-0.1, -0.05) is 79.6 Å². The molecule has 3 fully saturated rings. The number of piperidine rings is 1. The second-order valence-corrected chi connectivity index (χ2v) is 15.2. The van der Waals surface area contributed by atoms with Crippen LogP contribution in [-0.4, -0.2) is 70.0 Å². The van der Waals surface area contributed by atoms with Gasteiger partial charge in [-0.3, -0.25) is 9.80 Å². The average molecular weight is 621 g/mol. The molecular formula is C41H52N2O3. The summed E-state index contributed by atoms with van der Waals surface area (Å²) in [5.74, 6) is 1.72. The third-order valence-corrected chi connectivity index (χ3v) is 12.5. The average Bonchev–Trinajstić information content (AvgIpc) is 3.82. The molecule has 0 radical (unpaired) electrons. The first kappa shape index (κ1) is 30.5. The summed E-state index contributed by atoms with van der Waals surface area (Å²) in [5, 5.41) is 24.1. The predicted molar refractivity (Wildman–Crippen MR) is 184 cm³/mol. The SMILES string of the molecule is Oc1ccc2c3c1O[C@H]1[C@H](N(CCCCCCc4ccccc4)CCCc4ccccc4)CC[C@@]4(O)[C@@H](C2)N(CC2CC2)CC[C@]314. The number of aromatic hydroxyl groups is 1. The lowest BCUT2D eigenvalue weighted by Crippen LogP contribution is -2.78. The summed E-state index contributed by atoms with van der Waals surface area (Å²) in [4.78, 5) is 5.38. The fourth-order valence-electron chi connectivity index (χ4n) is 10.0. The van der Waals surface area contributed by atoms with Crippen LogP contribution in [-0.2, 0) is 24.7 Å². The van der Waals surface area contributed by atoms with E-state index in [0.717, 1.165) is 82.6 Å². The number of aryl methyl sites for hydroxylation is 2. The molecule has 2 heterocycles. The molecule has 0 amide bonds. The molecule has 3 aliphatic carbocycles. The molecule has 2 N–H and O–H groups in total. The number of hydrogen-bond donors (Lipinski definition) is 2. The Bertz CT molecular complexity index is 1490. The van der Waals surface area contributed by atoms with Crippen LogP contribution in [0.25, 0.3) is 0 Å². The first-order valence-corrected chi connectivity index (χ1v) is 18.4. The normalized spacial score (nSPS) is 29.5. The summed E-state index contributed by atoms with van der Waals surface area (Å²) in [6.07, 6.45) is 14.3. The Morgan fingerprint density at radius 2 is 1.48 bits per heavy atom. The van der Waals surface area contributed by atoms with Crippen molar-refractivity contribution in [2.75, 3.05) is 26.2 Å². The van der Waals surface area contributed by atoms with Crippen molar-refractivity contribution in [3.63, 3.8) is 0 Å². The van der Waals surface area contributed by atoms with Gasteiger partial charge in [-0.15, -0.1) is 0 Å². The molecule has 244 valence electrons. The van der Waals surface area contributed by atoms with Crippen LogP contribution in [0, 0.1) is 5.92 Å². The number of ether oxygens (including phenoxy) is 1. The molecule has 3 aromatic carbocycles. The van der Waals surface area contributed by atoms with Gasteiger partial charge in [0.15, 0.2) is 11.5 Å². The maximum Gasteiger partial charge on any atom is 0.165 e. The van der Waals surface area contributed by atoms with Crippen molar-refractivity contribution < 1.29 is 14.9 Å². The second kappa shape index (κ2) is 12.6. The minimum absolute atomic E-state index is 0.131. The van der Waals surface area contributed by atoms with E-state index in [-0.39, 0.29) is 23.9 Å². The van der Waals surface area contributed by atoms with Crippen LogP contribution in [0.15, 0.2) is 72.8 Å². The molecule has 2 saturated carbocycles. The maximum absolute atomic E-state index is 13.0. The lowest BCUT2D eigenvalue weighted by Gasteiger charge is -2.65. The van der Waals surface area contributed by atoms with Crippen LogP contribution in [0.2, 0.25) is 0 Å².